The van der Waals surface area contributed by atoms with Gasteiger partial charge in [-0.15, -0.1) is 0 Å². The molecule has 0 bridgehead atoms. The Kier molecular flexibility index (Phi) is 4.39. The van der Waals surface area contributed by atoms with Crippen LogP contribution in [0, 0.1) is 5.92 Å². The molecule has 0 aliphatic rings. The van der Waals surface area contributed by atoms with E-state index in [-0.39, 0.29) is 0 Å². The van der Waals surface area contributed by atoms with Crippen LogP contribution >= 0.6 is 0 Å². The van der Waals surface area contributed by atoms with Gasteiger partial charge in [-0.3, -0.25) is 0 Å². The van der Waals surface area contributed by atoms with E-state index in [1.54, 1.807) is 0 Å². The molecule has 0 amide bonds. The number of hydrogen-bond donors (Lipinski definition) is 3. The Labute approximate surface area is 109 Å². The molecule has 2 aromatic rings. The molecule has 0 aliphatic heterocycles. The van der Waals surface area contributed by atoms with Crippen LogP contribution in [0.2, 0.25) is 0 Å². The Morgan fingerprint density at radius 2 is 2.00 bits per heavy atom. The van der Waals surface area contributed by atoms with Crippen LogP contribution in [0.15, 0.2) is 30.5 Å². The van der Waals surface area contributed by atoms with E-state index in [1.807, 2.05) is 14.1 Å². The van der Waals surface area contributed by atoms with Gasteiger partial charge in [0, 0.05) is 23.1 Å². The summed E-state index contributed by atoms with van der Waals surface area (Å²) in [6, 6.07) is 8.88. The maximum atomic E-state index is 3.47. The third-order valence-electron chi connectivity index (χ3n) is 3.73. The molecule has 0 saturated carbocycles. The van der Waals surface area contributed by atoms with E-state index in [0.29, 0.717) is 12.0 Å². The first-order valence-electron chi connectivity index (χ1n) is 6.69. The van der Waals surface area contributed by atoms with Crippen LogP contribution in [0.4, 0.5) is 0 Å². The smallest absolute Gasteiger partial charge is 0.0457 e. The van der Waals surface area contributed by atoms with Crippen molar-refractivity contribution in [1.29, 1.82) is 0 Å². The van der Waals surface area contributed by atoms with Crippen LogP contribution in [-0.2, 0) is 0 Å². The first kappa shape index (κ1) is 13.1. The lowest BCUT2D eigenvalue weighted by atomic mass is 9.90. The highest BCUT2D eigenvalue weighted by atomic mass is 14.9. The molecule has 3 N–H and O–H groups in total. The lowest BCUT2D eigenvalue weighted by Gasteiger charge is -2.25. The van der Waals surface area contributed by atoms with Gasteiger partial charge in [-0.25, -0.2) is 0 Å². The number of nitrogens with one attached hydrogen (secondary N) is 3. The zero-order valence-electron chi connectivity index (χ0n) is 11.5. The number of fused-ring (bicyclic) bond motifs is 1. The molecule has 0 radical (unpaired) electrons. The molecular weight excluding hydrogens is 222 g/mol. The van der Waals surface area contributed by atoms with E-state index >= 15 is 0 Å². The molecule has 1 heterocycles. The molecule has 2 atom stereocenters. The zero-order valence-corrected chi connectivity index (χ0v) is 11.5. The first-order valence-corrected chi connectivity index (χ1v) is 6.69. The van der Waals surface area contributed by atoms with Crippen LogP contribution in [0.3, 0.4) is 0 Å². The number of aromatic amines is 1. The predicted molar refractivity (Wildman–Crippen MR) is 77.8 cm³/mol. The van der Waals surface area contributed by atoms with Gasteiger partial charge in [-0.05, 0) is 38.2 Å². The number of benzene rings is 1. The Bertz CT molecular complexity index is 489. The number of para-hydroxylation sites is 1. The molecule has 18 heavy (non-hydrogen) atoms. The summed E-state index contributed by atoms with van der Waals surface area (Å²) in [5.74, 6) is 0.596. The van der Waals surface area contributed by atoms with Gasteiger partial charge >= 0.3 is 0 Å². The van der Waals surface area contributed by atoms with Crippen molar-refractivity contribution in [2.45, 2.75) is 19.4 Å². The maximum absolute atomic E-state index is 3.47. The largest absolute Gasteiger partial charge is 0.361 e. The van der Waals surface area contributed by atoms with Crippen molar-refractivity contribution in [1.82, 2.24) is 15.6 Å². The van der Waals surface area contributed by atoms with Crippen molar-refractivity contribution in [3.05, 3.63) is 36.0 Å². The van der Waals surface area contributed by atoms with E-state index in [0.717, 1.165) is 13.0 Å². The monoisotopic (exact) mass is 245 g/mol. The second-order valence-corrected chi connectivity index (χ2v) is 4.78. The molecule has 2 rings (SSSR count). The summed E-state index contributed by atoms with van der Waals surface area (Å²) in [7, 11) is 4.06. The second kappa shape index (κ2) is 6.03. The van der Waals surface area contributed by atoms with E-state index in [4.69, 9.17) is 0 Å². The lowest BCUT2D eigenvalue weighted by Crippen LogP contribution is -2.31. The third kappa shape index (κ3) is 2.42. The molecule has 3 nitrogen and oxygen atoms in total. The Morgan fingerprint density at radius 3 is 2.67 bits per heavy atom. The lowest BCUT2D eigenvalue weighted by molar-refractivity contribution is 0.361. The molecule has 2 unspecified atom stereocenters. The van der Waals surface area contributed by atoms with Crippen molar-refractivity contribution in [2.24, 2.45) is 5.92 Å². The van der Waals surface area contributed by atoms with Gasteiger partial charge in [-0.1, -0.05) is 31.5 Å². The molecule has 1 aromatic carbocycles. The van der Waals surface area contributed by atoms with Gasteiger partial charge in [0.05, 0.1) is 0 Å². The Balaban J connectivity index is 2.37. The molecular formula is C15H23N3. The average Bonchev–Trinajstić information content (AvgIpc) is 2.83. The first-order chi connectivity index (χ1) is 8.81. The van der Waals surface area contributed by atoms with Crippen LogP contribution in [-0.4, -0.2) is 25.6 Å². The van der Waals surface area contributed by atoms with Crippen molar-refractivity contribution in [3.63, 3.8) is 0 Å². The van der Waals surface area contributed by atoms with Gasteiger partial charge in [-0.2, -0.15) is 0 Å². The van der Waals surface area contributed by atoms with Gasteiger partial charge in [0.15, 0.2) is 0 Å². The van der Waals surface area contributed by atoms with E-state index in [9.17, 15) is 0 Å². The highest BCUT2D eigenvalue weighted by Crippen LogP contribution is 2.30. The SMILES string of the molecule is CCC(CNC)C(NC)c1c[nH]c2ccccc12. The highest BCUT2D eigenvalue weighted by Gasteiger charge is 2.22. The molecule has 3 heteroatoms. The van der Waals surface area contributed by atoms with Gasteiger partial charge < -0.3 is 15.6 Å². The van der Waals surface area contributed by atoms with Crippen molar-refractivity contribution in [2.75, 3.05) is 20.6 Å². The number of H-pyrrole nitrogens is 1. The Hall–Kier alpha value is -1.32. The van der Waals surface area contributed by atoms with Gasteiger partial charge in [0.25, 0.3) is 0 Å². The fourth-order valence-electron chi connectivity index (χ4n) is 2.76. The molecule has 0 spiro atoms. The average molecular weight is 245 g/mol. The van der Waals surface area contributed by atoms with E-state index in [1.165, 1.54) is 16.5 Å². The maximum Gasteiger partial charge on any atom is 0.0457 e. The summed E-state index contributed by atoms with van der Waals surface area (Å²) >= 11 is 0. The molecule has 0 aliphatic carbocycles. The summed E-state index contributed by atoms with van der Waals surface area (Å²) in [6.07, 6.45) is 3.30. The van der Waals surface area contributed by atoms with Crippen LogP contribution < -0.4 is 10.6 Å². The molecule has 0 saturated heterocycles. The van der Waals surface area contributed by atoms with Crippen molar-refractivity contribution < 1.29 is 0 Å². The normalized spacial score (nSPS) is 14.8. The van der Waals surface area contributed by atoms with Crippen molar-refractivity contribution >= 4 is 10.9 Å². The summed E-state index contributed by atoms with van der Waals surface area (Å²) in [4.78, 5) is 3.36. The topological polar surface area (TPSA) is 39.8 Å². The minimum atomic E-state index is 0.388. The van der Waals surface area contributed by atoms with Gasteiger partial charge in [0.2, 0.25) is 0 Å². The van der Waals surface area contributed by atoms with E-state index < -0.39 is 0 Å². The Morgan fingerprint density at radius 1 is 1.22 bits per heavy atom. The third-order valence-corrected chi connectivity index (χ3v) is 3.73. The highest BCUT2D eigenvalue weighted by molar-refractivity contribution is 5.83. The molecule has 98 valence electrons. The fraction of sp³-hybridized carbons (Fsp3) is 0.467. The summed E-state index contributed by atoms with van der Waals surface area (Å²) in [5.41, 5.74) is 2.59. The summed E-state index contributed by atoms with van der Waals surface area (Å²) in [6.45, 7) is 3.28. The second-order valence-electron chi connectivity index (χ2n) is 4.78. The van der Waals surface area contributed by atoms with Gasteiger partial charge in [0.1, 0.15) is 0 Å². The van der Waals surface area contributed by atoms with Crippen LogP contribution in [0.25, 0.3) is 10.9 Å². The predicted octanol–water partition coefficient (Wildman–Crippen LogP) is 2.67. The molecule has 1 aromatic heterocycles. The molecule has 0 fully saturated rings. The van der Waals surface area contributed by atoms with Crippen LogP contribution in [0.1, 0.15) is 24.9 Å². The standard InChI is InChI=1S/C15H23N3/c1-4-11(9-16-2)15(17-3)13-10-18-14-8-6-5-7-12(13)14/h5-8,10-11,15-18H,4,9H2,1-3H3. The van der Waals surface area contributed by atoms with E-state index in [2.05, 4.69) is 53.0 Å². The van der Waals surface area contributed by atoms with Crippen molar-refractivity contribution in [3.8, 4) is 0 Å². The zero-order chi connectivity index (χ0) is 13.0. The number of aromatic nitrogens is 1. The fourth-order valence-corrected chi connectivity index (χ4v) is 2.76. The quantitative estimate of drug-likeness (QED) is 0.732. The summed E-state index contributed by atoms with van der Waals surface area (Å²) < 4.78 is 0. The van der Waals surface area contributed by atoms with Crippen LogP contribution in [0.5, 0.6) is 0 Å². The number of rotatable bonds is 6. The minimum Gasteiger partial charge on any atom is -0.361 e. The summed E-state index contributed by atoms with van der Waals surface area (Å²) in [5, 5.41) is 8.09. The number of hydrogen-bond acceptors (Lipinski definition) is 2. The minimum absolute atomic E-state index is 0.388.